The molecule has 21 heavy (non-hydrogen) atoms. The Hall–Kier alpha value is -2.27. The second-order valence-electron chi connectivity index (χ2n) is 5.02. The lowest BCUT2D eigenvalue weighted by Gasteiger charge is -1.98. The molecule has 0 aliphatic rings. The molecule has 3 rings (SSSR count). The van der Waals surface area contributed by atoms with Crippen molar-refractivity contribution in [2.75, 3.05) is 6.54 Å². The molecule has 5 nitrogen and oxygen atoms in total. The summed E-state index contributed by atoms with van der Waals surface area (Å²) in [5.74, 6) is 1.32. The standard InChI is InChI=1S/C16H18N4O/c17-9-3-1-2-6-15-19-16(20-21-15)13-7-8-14-12(11-13)5-4-10-18-14/h4-5,7-8,10-11H,1-3,6,9,17H2. The molecule has 0 unspecified atom stereocenters. The molecule has 0 fully saturated rings. The van der Waals surface area contributed by atoms with E-state index < -0.39 is 0 Å². The van der Waals surface area contributed by atoms with Gasteiger partial charge in [0.2, 0.25) is 11.7 Å². The van der Waals surface area contributed by atoms with Crippen molar-refractivity contribution in [3.63, 3.8) is 0 Å². The van der Waals surface area contributed by atoms with Gasteiger partial charge in [-0.2, -0.15) is 4.98 Å². The zero-order valence-electron chi connectivity index (χ0n) is 11.8. The summed E-state index contributed by atoms with van der Waals surface area (Å²) in [7, 11) is 0. The van der Waals surface area contributed by atoms with E-state index in [-0.39, 0.29) is 0 Å². The number of nitrogens with zero attached hydrogens (tertiary/aromatic N) is 3. The van der Waals surface area contributed by atoms with Gasteiger partial charge >= 0.3 is 0 Å². The number of benzene rings is 1. The van der Waals surface area contributed by atoms with Crippen LogP contribution in [0.1, 0.15) is 25.2 Å². The van der Waals surface area contributed by atoms with Crippen LogP contribution in [0, 0.1) is 0 Å². The zero-order chi connectivity index (χ0) is 14.5. The van der Waals surface area contributed by atoms with Gasteiger partial charge in [0, 0.05) is 23.6 Å². The summed E-state index contributed by atoms with van der Waals surface area (Å²) in [4.78, 5) is 8.76. The van der Waals surface area contributed by atoms with Crippen LogP contribution in [-0.4, -0.2) is 21.7 Å². The molecule has 108 valence electrons. The van der Waals surface area contributed by atoms with Crippen LogP contribution in [-0.2, 0) is 6.42 Å². The van der Waals surface area contributed by atoms with Crippen molar-refractivity contribution in [3.05, 3.63) is 42.4 Å². The molecule has 5 heteroatoms. The van der Waals surface area contributed by atoms with Crippen LogP contribution in [0.25, 0.3) is 22.3 Å². The number of pyridine rings is 1. The van der Waals surface area contributed by atoms with E-state index in [4.69, 9.17) is 10.3 Å². The average molecular weight is 282 g/mol. The molecule has 0 aliphatic carbocycles. The first kappa shape index (κ1) is 13.7. The predicted octanol–water partition coefficient (Wildman–Crippen LogP) is 2.96. The van der Waals surface area contributed by atoms with Gasteiger partial charge in [0.15, 0.2) is 0 Å². The van der Waals surface area contributed by atoms with Crippen molar-refractivity contribution < 1.29 is 4.52 Å². The third kappa shape index (κ3) is 3.25. The van der Waals surface area contributed by atoms with Gasteiger partial charge in [-0.15, -0.1) is 0 Å². The SMILES string of the molecule is NCCCCCc1nc(-c2ccc3ncccc3c2)no1. The minimum absolute atomic E-state index is 0.634. The first-order valence-corrected chi connectivity index (χ1v) is 7.24. The maximum atomic E-state index is 5.48. The zero-order valence-corrected chi connectivity index (χ0v) is 11.8. The molecular formula is C16H18N4O. The Kier molecular flexibility index (Phi) is 4.21. The Bertz CT molecular complexity index is 723. The van der Waals surface area contributed by atoms with E-state index in [1.807, 2.05) is 30.3 Å². The number of fused-ring (bicyclic) bond motifs is 1. The van der Waals surface area contributed by atoms with E-state index in [2.05, 4.69) is 15.1 Å². The van der Waals surface area contributed by atoms with Gasteiger partial charge in [0.1, 0.15) is 0 Å². The maximum Gasteiger partial charge on any atom is 0.226 e. The molecule has 0 aliphatic heterocycles. The Morgan fingerprint density at radius 1 is 1.10 bits per heavy atom. The van der Waals surface area contributed by atoms with Gasteiger partial charge in [0.25, 0.3) is 0 Å². The van der Waals surface area contributed by atoms with E-state index in [0.29, 0.717) is 11.7 Å². The van der Waals surface area contributed by atoms with Gasteiger partial charge in [0.05, 0.1) is 5.52 Å². The topological polar surface area (TPSA) is 77.8 Å². The molecule has 0 radical (unpaired) electrons. The minimum Gasteiger partial charge on any atom is -0.339 e. The van der Waals surface area contributed by atoms with Crippen LogP contribution < -0.4 is 5.73 Å². The molecule has 2 aromatic heterocycles. The lowest BCUT2D eigenvalue weighted by Crippen LogP contribution is -1.98. The van der Waals surface area contributed by atoms with E-state index in [0.717, 1.165) is 48.7 Å². The molecule has 0 spiro atoms. The smallest absolute Gasteiger partial charge is 0.226 e. The van der Waals surface area contributed by atoms with Crippen molar-refractivity contribution >= 4 is 10.9 Å². The van der Waals surface area contributed by atoms with E-state index in [1.54, 1.807) is 6.20 Å². The first-order chi connectivity index (χ1) is 10.4. The van der Waals surface area contributed by atoms with Crippen LogP contribution in [0.4, 0.5) is 0 Å². The summed E-state index contributed by atoms with van der Waals surface area (Å²) in [5, 5.41) is 5.13. The fraction of sp³-hybridized carbons (Fsp3) is 0.312. The summed E-state index contributed by atoms with van der Waals surface area (Å²) in [6, 6.07) is 9.93. The lowest BCUT2D eigenvalue weighted by molar-refractivity contribution is 0.374. The second-order valence-corrected chi connectivity index (χ2v) is 5.02. The Morgan fingerprint density at radius 2 is 2.05 bits per heavy atom. The van der Waals surface area contributed by atoms with Crippen molar-refractivity contribution in [2.24, 2.45) is 5.73 Å². The summed E-state index contributed by atoms with van der Waals surface area (Å²) in [6.45, 7) is 0.736. The fourth-order valence-electron chi connectivity index (χ4n) is 2.29. The number of aromatic nitrogens is 3. The van der Waals surface area contributed by atoms with Crippen molar-refractivity contribution in [3.8, 4) is 11.4 Å². The van der Waals surface area contributed by atoms with Crippen LogP contribution in [0.3, 0.4) is 0 Å². The van der Waals surface area contributed by atoms with Crippen molar-refractivity contribution in [2.45, 2.75) is 25.7 Å². The third-order valence-electron chi connectivity index (χ3n) is 3.42. The molecule has 2 N–H and O–H groups in total. The number of hydrogen-bond acceptors (Lipinski definition) is 5. The fourth-order valence-corrected chi connectivity index (χ4v) is 2.29. The monoisotopic (exact) mass is 282 g/mol. The molecule has 1 aromatic carbocycles. The van der Waals surface area contributed by atoms with E-state index in [9.17, 15) is 0 Å². The minimum atomic E-state index is 0.634. The van der Waals surface area contributed by atoms with Crippen LogP contribution >= 0.6 is 0 Å². The van der Waals surface area contributed by atoms with Crippen molar-refractivity contribution in [1.82, 2.24) is 15.1 Å². The summed E-state index contributed by atoms with van der Waals surface area (Å²) >= 11 is 0. The van der Waals surface area contributed by atoms with Gasteiger partial charge in [-0.3, -0.25) is 4.98 Å². The largest absolute Gasteiger partial charge is 0.339 e. The number of unbranched alkanes of at least 4 members (excludes halogenated alkanes) is 2. The van der Waals surface area contributed by atoms with Gasteiger partial charge in [-0.25, -0.2) is 0 Å². The highest BCUT2D eigenvalue weighted by atomic mass is 16.5. The Morgan fingerprint density at radius 3 is 2.95 bits per heavy atom. The molecule has 0 atom stereocenters. The highest BCUT2D eigenvalue weighted by Crippen LogP contribution is 2.21. The van der Waals surface area contributed by atoms with E-state index >= 15 is 0 Å². The molecule has 3 aromatic rings. The quantitative estimate of drug-likeness (QED) is 0.703. The second kappa shape index (κ2) is 6.45. The lowest BCUT2D eigenvalue weighted by atomic mass is 10.1. The molecular weight excluding hydrogens is 264 g/mol. The Balaban J connectivity index is 1.75. The van der Waals surface area contributed by atoms with E-state index in [1.165, 1.54) is 0 Å². The summed E-state index contributed by atoms with van der Waals surface area (Å²) in [6.07, 6.45) is 5.76. The number of nitrogens with two attached hydrogens (primary N) is 1. The number of rotatable bonds is 6. The molecule has 0 saturated heterocycles. The number of aryl methyl sites for hydroxylation is 1. The molecule has 0 saturated carbocycles. The average Bonchev–Trinajstić information content (AvgIpc) is 3.00. The summed E-state index contributed by atoms with van der Waals surface area (Å²) in [5.41, 5.74) is 7.39. The number of hydrogen-bond donors (Lipinski definition) is 1. The normalized spacial score (nSPS) is 11.1. The highest BCUT2D eigenvalue weighted by Gasteiger charge is 2.09. The summed E-state index contributed by atoms with van der Waals surface area (Å²) < 4.78 is 5.30. The van der Waals surface area contributed by atoms with Gasteiger partial charge in [-0.05, 0) is 43.7 Å². The maximum absolute atomic E-state index is 5.48. The Labute approximate surface area is 123 Å². The first-order valence-electron chi connectivity index (χ1n) is 7.24. The van der Waals surface area contributed by atoms with Gasteiger partial charge in [-0.1, -0.05) is 17.6 Å². The predicted molar refractivity (Wildman–Crippen MR) is 81.6 cm³/mol. The molecule has 0 amide bonds. The van der Waals surface area contributed by atoms with Gasteiger partial charge < -0.3 is 10.3 Å². The molecule has 0 bridgehead atoms. The van der Waals surface area contributed by atoms with Crippen LogP contribution in [0.15, 0.2) is 41.1 Å². The van der Waals surface area contributed by atoms with Crippen LogP contribution in [0.2, 0.25) is 0 Å². The molecule has 2 heterocycles. The highest BCUT2D eigenvalue weighted by molar-refractivity contribution is 5.82. The third-order valence-corrected chi connectivity index (χ3v) is 3.42. The van der Waals surface area contributed by atoms with Crippen molar-refractivity contribution in [1.29, 1.82) is 0 Å². The van der Waals surface area contributed by atoms with Crippen LogP contribution in [0.5, 0.6) is 0 Å².